The summed E-state index contributed by atoms with van der Waals surface area (Å²) in [7, 11) is 0. The molecule has 0 unspecified atom stereocenters. The Bertz CT molecular complexity index is 1300. The molecule has 4 rings (SSSR count). The Morgan fingerprint density at radius 3 is 2.56 bits per heavy atom. The van der Waals surface area contributed by atoms with Gasteiger partial charge in [-0.3, -0.25) is 4.79 Å². The number of amides is 2. The summed E-state index contributed by atoms with van der Waals surface area (Å²) in [5, 5.41) is 17.5. The van der Waals surface area contributed by atoms with E-state index in [1.807, 2.05) is 60.8 Å². The zero-order valence-electron chi connectivity index (χ0n) is 17.4. The molecule has 0 radical (unpaired) electrons. The number of hydrogen-bond acceptors (Lipinski definition) is 5. The number of rotatable bonds is 6. The van der Waals surface area contributed by atoms with Crippen molar-refractivity contribution in [2.24, 2.45) is 0 Å². The van der Waals surface area contributed by atoms with Crippen LogP contribution >= 0.6 is 11.3 Å². The fourth-order valence-corrected chi connectivity index (χ4v) is 4.63. The van der Waals surface area contributed by atoms with Crippen LogP contribution in [0.3, 0.4) is 0 Å². The van der Waals surface area contributed by atoms with Gasteiger partial charge in [0.1, 0.15) is 5.82 Å². The van der Waals surface area contributed by atoms with E-state index in [-0.39, 0.29) is 12.5 Å². The monoisotopic (exact) mass is 446 g/mol. The molecule has 2 amide bonds. The van der Waals surface area contributed by atoms with Gasteiger partial charge < -0.3 is 21.5 Å². The number of anilines is 3. The third-order valence-electron chi connectivity index (χ3n) is 5.04. The number of thiophene rings is 1. The van der Waals surface area contributed by atoms with Crippen molar-refractivity contribution in [2.75, 3.05) is 16.4 Å². The molecule has 0 spiro atoms. The molecule has 32 heavy (non-hydrogen) atoms. The van der Waals surface area contributed by atoms with Crippen LogP contribution in [0.5, 0.6) is 0 Å². The average molecular weight is 447 g/mol. The summed E-state index contributed by atoms with van der Waals surface area (Å²) in [4.78, 5) is 27.5. The normalized spacial score (nSPS) is 10.8. The van der Waals surface area contributed by atoms with Crippen molar-refractivity contribution in [2.45, 2.75) is 19.8 Å². The average Bonchev–Trinajstić information content (AvgIpc) is 3.20. The molecule has 0 atom stereocenters. The lowest BCUT2D eigenvalue weighted by Crippen LogP contribution is -2.19. The molecule has 0 fully saturated rings. The van der Waals surface area contributed by atoms with Gasteiger partial charge in [-0.15, -0.1) is 11.3 Å². The summed E-state index contributed by atoms with van der Waals surface area (Å²) in [5.74, 6) is -0.434. The number of pyridine rings is 1. The fraction of sp³-hybridized carbons (Fsp3) is 0.125. The number of carboxylic acid groups (broad SMARTS) is 1. The summed E-state index contributed by atoms with van der Waals surface area (Å²) >= 11 is 1.53. The van der Waals surface area contributed by atoms with Gasteiger partial charge in [0.05, 0.1) is 0 Å². The zero-order valence-corrected chi connectivity index (χ0v) is 18.2. The summed E-state index contributed by atoms with van der Waals surface area (Å²) in [6.07, 6.45) is 2.09. The minimum Gasteiger partial charge on any atom is -0.481 e. The van der Waals surface area contributed by atoms with Gasteiger partial charge in [-0.1, -0.05) is 24.3 Å². The van der Waals surface area contributed by atoms with Crippen molar-refractivity contribution in [3.63, 3.8) is 0 Å². The molecule has 0 aliphatic rings. The number of nitrogens with zero attached hydrogens (tertiary/aromatic N) is 1. The molecule has 7 nitrogen and oxygen atoms in total. The van der Waals surface area contributed by atoms with E-state index in [1.165, 1.54) is 11.3 Å². The molecular formula is C24H22N4O3S. The van der Waals surface area contributed by atoms with Crippen LogP contribution in [0.1, 0.15) is 17.5 Å². The van der Waals surface area contributed by atoms with Crippen LogP contribution in [0.25, 0.3) is 21.2 Å². The lowest BCUT2D eigenvalue weighted by Gasteiger charge is -2.09. The van der Waals surface area contributed by atoms with E-state index in [9.17, 15) is 9.59 Å². The van der Waals surface area contributed by atoms with Crippen LogP contribution in [0.4, 0.5) is 22.0 Å². The number of nitrogens with one attached hydrogen (secondary N) is 2. The van der Waals surface area contributed by atoms with Gasteiger partial charge in [-0.05, 0) is 59.7 Å². The number of benzene rings is 2. The van der Waals surface area contributed by atoms with Crippen LogP contribution in [0.2, 0.25) is 0 Å². The Labute approximate surface area is 188 Å². The van der Waals surface area contributed by atoms with E-state index in [0.717, 1.165) is 38.0 Å². The molecule has 2 aromatic carbocycles. The van der Waals surface area contributed by atoms with Crippen molar-refractivity contribution in [1.29, 1.82) is 0 Å². The number of aliphatic carboxylic acids is 1. The van der Waals surface area contributed by atoms with E-state index in [0.29, 0.717) is 17.9 Å². The number of nitrogens with two attached hydrogens (primary N) is 1. The third-order valence-corrected chi connectivity index (χ3v) is 6.09. The highest BCUT2D eigenvalue weighted by molar-refractivity contribution is 7.18. The second-order valence-corrected chi connectivity index (χ2v) is 8.32. The van der Waals surface area contributed by atoms with Crippen molar-refractivity contribution < 1.29 is 14.7 Å². The number of aromatic nitrogens is 1. The molecule has 0 saturated heterocycles. The maximum atomic E-state index is 12.3. The first kappa shape index (κ1) is 21.3. The number of nitrogen functional groups attached to an aromatic ring is 1. The number of aryl methyl sites for hydroxylation is 2. The number of urea groups is 1. The van der Waals surface area contributed by atoms with E-state index in [4.69, 9.17) is 10.8 Å². The first-order valence-electron chi connectivity index (χ1n) is 10.0. The number of hydrogen-bond donors (Lipinski definition) is 4. The Kier molecular flexibility index (Phi) is 6.04. The van der Waals surface area contributed by atoms with Crippen LogP contribution in [-0.2, 0) is 11.2 Å². The standard InChI is InChI=1S/C24H22N4O3S/c1-14-3-2-4-18(11-14)28-24(31)27-17-8-5-15(6-9-17)19-13-32-22-16(7-10-20(29)30)12-26-23(25)21(19)22/h2-6,8-9,11-13H,7,10H2,1H3,(H2,25,26)(H,29,30)(H2,27,28,31). The molecule has 0 aliphatic carbocycles. The van der Waals surface area contributed by atoms with E-state index >= 15 is 0 Å². The Hall–Kier alpha value is -3.91. The maximum Gasteiger partial charge on any atom is 0.323 e. The molecule has 162 valence electrons. The molecule has 2 aromatic heterocycles. The summed E-state index contributed by atoms with van der Waals surface area (Å²) < 4.78 is 0.952. The number of carbonyl (C=O) groups excluding carboxylic acids is 1. The van der Waals surface area contributed by atoms with Crippen molar-refractivity contribution in [3.05, 3.63) is 71.2 Å². The minimum absolute atomic E-state index is 0.0406. The Morgan fingerprint density at radius 2 is 1.84 bits per heavy atom. The van der Waals surface area contributed by atoms with Crippen LogP contribution in [-0.4, -0.2) is 22.1 Å². The van der Waals surface area contributed by atoms with Gasteiger partial charge in [-0.25, -0.2) is 9.78 Å². The second kappa shape index (κ2) is 9.07. The van der Waals surface area contributed by atoms with Crippen molar-refractivity contribution >= 4 is 50.6 Å². The number of carboxylic acids is 1. The SMILES string of the molecule is Cc1cccc(NC(=O)Nc2ccc(-c3csc4c(CCC(=O)O)cnc(N)c34)cc2)c1. The first-order chi connectivity index (χ1) is 15.4. The molecule has 5 N–H and O–H groups in total. The predicted octanol–water partition coefficient (Wildman–Crippen LogP) is 5.52. The van der Waals surface area contributed by atoms with Gasteiger partial charge in [0.2, 0.25) is 0 Å². The lowest BCUT2D eigenvalue weighted by molar-refractivity contribution is -0.136. The zero-order chi connectivity index (χ0) is 22.7. The smallest absolute Gasteiger partial charge is 0.323 e. The van der Waals surface area contributed by atoms with Gasteiger partial charge in [0.25, 0.3) is 0 Å². The van der Waals surface area contributed by atoms with Crippen LogP contribution in [0, 0.1) is 6.92 Å². The highest BCUT2D eigenvalue weighted by Gasteiger charge is 2.15. The topological polar surface area (TPSA) is 117 Å². The van der Waals surface area contributed by atoms with Gasteiger partial charge in [-0.2, -0.15) is 0 Å². The molecule has 0 saturated carbocycles. The largest absolute Gasteiger partial charge is 0.481 e. The maximum absolute atomic E-state index is 12.3. The van der Waals surface area contributed by atoms with Crippen molar-refractivity contribution in [1.82, 2.24) is 4.98 Å². The first-order valence-corrected chi connectivity index (χ1v) is 10.9. The van der Waals surface area contributed by atoms with Gasteiger partial charge in [0.15, 0.2) is 0 Å². The van der Waals surface area contributed by atoms with E-state index in [1.54, 1.807) is 6.20 Å². The predicted molar refractivity (Wildman–Crippen MR) is 129 cm³/mol. The number of carbonyl (C=O) groups is 2. The highest BCUT2D eigenvalue weighted by atomic mass is 32.1. The molecule has 2 heterocycles. The van der Waals surface area contributed by atoms with Gasteiger partial charge >= 0.3 is 12.0 Å². The molecule has 0 bridgehead atoms. The minimum atomic E-state index is -0.846. The third kappa shape index (κ3) is 4.70. The van der Waals surface area contributed by atoms with Crippen molar-refractivity contribution in [3.8, 4) is 11.1 Å². The fourth-order valence-electron chi connectivity index (χ4n) is 3.50. The van der Waals surface area contributed by atoms with E-state index in [2.05, 4.69) is 15.6 Å². The molecule has 8 heteroatoms. The van der Waals surface area contributed by atoms with Crippen LogP contribution in [0.15, 0.2) is 60.1 Å². The van der Waals surface area contributed by atoms with Gasteiger partial charge in [0, 0.05) is 39.6 Å². The molecular weight excluding hydrogens is 424 g/mol. The summed E-state index contributed by atoms with van der Waals surface area (Å²) in [6.45, 7) is 1.97. The Morgan fingerprint density at radius 1 is 1.09 bits per heavy atom. The van der Waals surface area contributed by atoms with Crippen LogP contribution < -0.4 is 16.4 Å². The Balaban J connectivity index is 1.53. The molecule has 0 aliphatic heterocycles. The molecule has 4 aromatic rings. The highest BCUT2D eigenvalue weighted by Crippen LogP contribution is 2.39. The lowest BCUT2D eigenvalue weighted by atomic mass is 10.0. The van der Waals surface area contributed by atoms with E-state index < -0.39 is 5.97 Å². The summed E-state index contributed by atoms with van der Waals surface area (Å²) in [6, 6.07) is 14.7. The number of fused-ring (bicyclic) bond motifs is 1. The summed E-state index contributed by atoms with van der Waals surface area (Å²) in [5.41, 5.74) is 11.4. The quantitative estimate of drug-likeness (QED) is 0.311. The second-order valence-electron chi connectivity index (χ2n) is 7.44.